The molecule has 5 heteroatoms. The highest BCUT2D eigenvalue weighted by Crippen LogP contribution is 2.12. The van der Waals surface area contributed by atoms with Gasteiger partial charge in [0.15, 0.2) is 0 Å². The van der Waals surface area contributed by atoms with Crippen molar-refractivity contribution in [3.8, 4) is 0 Å². The molecule has 0 aliphatic heterocycles. The van der Waals surface area contributed by atoms with Crippen molar-refractivity contribution in [3.05, 3.63) is 18.0 Å². The molecule has 0 saturated heterocycles. The third-order valence-corrected chi connectivity index (χ3v) is 2.87. The molecule has 1 aromatic rings. The Hall–Kier alpha value is -1.36. The van der Waals surface area contributed by atoms with Crippen LogP contribution in [0.2, 0.25) is 0 Å². The maximum atomic E-state index is 12.0. The standard InChI is InChI=1S/C14H26N4O/c1-7-18-9-12(8-15-18)10(2)16-11(3)13(19)17-14(4,5)6/h8-11,16H,7H2,1-6H3,(H,17,19). The Morgan fingerprint density at radius 3 is 2.53 bits per heavy atom. The van der Waals surface area contributed by atoms with E-state index in [0.717, 1.165) is 12.1 Å². The van der Waals surface area contributed by atoms with Gasteiger partial charge in [-0.15, -0.1) is 0 Å². The number of aryl methyl sites for hydroxylation is 1. The van der Waals surface area contributed by atoms with Crippen LogP contribution in [0.3, 0.4) is 0 Å². The van der Waals surface area contributed by atoms with Crippen LogP contribution in [-0.4, -0.2) is 27.3 Å². The van der Waals surface area contributed by atoms with Gasteiger partial charge >= 0.3 is 0 Å². The molecule has 0 aromatic carbocycles. The minimum atomic E-state index is -0.237. The summed E-state index contributed by atoms with van der Waals surface area (Å²) in [4.78, 5) is 12.0. The van der Waals surface area contributed by atoms with Crippen LogP contribution in [0.1, 0.15) is 53.1 Å². The monoisotopic (exact) mass is 266 g/mol. The Morgan fingerprint density at radius 1 is 1.42 bits per heavy atom. The first-order valence-corrected chi connectivity index (χ1v) is 6.83. The van der Waals surface area contributed by atoms with Gasteiger partial charge in [0.2, 0.25) is 5.91 Å². The fourth-order valence-corrected chi connectivity index (χ4v) is 1.80. The van der Waals surface area contributed by atoms with Crippen LogP contribution in [-0.2, 0) is 11.3 Å². The molecule has 1 aromatic heterocycles. The lowest BCUT2D eigenvalue weighted by Crippen LogP contribution is -2.49. The fraction of sp³-hybridized carbons (Fsp3) is 0.714. The Balaban J connectivity index is 2.56. The van der Waals surface area contributed by atoms with Crippen molar-refractivity contribution in [3.63, 3.8) is 0 Å². The highest BCUT2D eigenvalue weighted by molar-refractivity contribution is 5.81. The zero-order valence-corrected chi connectivity index (χ0v) is 12.8. The van der Waals surface area contributed by atoms with Crippen molar-refractivity contribution in [2.45, 2.75) is 65.7 Å². The van der Waals surface area contributed by atoms with Gasteiger partial charge in [0.25, 0.3) is 0 Å². The molecule has 1 heterocycles. The number of hydrogen-bond donors (Lipinski definition) is 2. The molecule has 2 atom stereocenters. The number of hydrogen-bond acceptors (Lipinski definition) is 3. The zero-order valence-electron chi connectivity index (χ0n) is 12.8. The number of rotatable bonds is 5. The molecule has 0 aliphatic carbocycles. The van der Waals surface area contributed by atoms with Crippen molar-refractivity contribution in [2.24, 2.45) is 0 Å². The highest BCUT2D eigenvalue weighted by atomic mass is 16.2. The van der Waals surface area contributed by atoms with Gasteiger partial charge in [-0.2, -0.15) is 5.10 Å². The topological polar surface area (TPSA) is 59.0 Å². The summed E-state index contributed by atoms with van der Waals surface area (Å²) < 4.78 is 1.88. The number of nitrogens with zero attached hydrogens (tertiary/aromatic N) is 2. The van der Waals surface area contributed by atoms with Crippen molar-refractivity contribution in [2.75, 3.05) is 0 Å². The molecule has 108 valence electrons. The summed E-state index contributed by atoms with van der Waals surface area (Å²) in [5.74, 6) is 0.0160. The van der Waals surface area contributed by atoms with E-state index in [1.165, 1.54) is 0 Å². The summed E-state index contributed by atoms with van der Waals surface area (Å²) >= 11 is 0. The molecule has 0 fully saturated rings. The second kappa shape index (κ2) is 6.19. The maximum Gasteiger partial charge on any atom is 0.237 e. The van der Waals surface area contributed by atoms with Crippen LogP contribution in [0.25, 0.3) is 0 Å². The Labute approximate surface area is 115 Å². The smallest absolute Gasteiger partial charge is 0.237 e. The SMILES string of the molecule is CCn1cc(C(C)NC(C)C(=O)NC(C)(C)C)cn1. The van der Waals surface area contributed by atoms with Crippen LogP contribution >= 0.6 is 0 Å². The highest BCUT2D eigenvalue weighted by Gasteiger charge is 2.21. The molecular weight excluding hydrogens is 240 g/mol. The summed E-state index contributed by atoms with van der Waals surface area (Å²) in [5.41, 5.74) is 0.890. The number of aromatic nitrogens is 2. The van der Waals surface area contributed by atoms with Gasteiger partial charge in [-0.3, -0.25) is 14.8 Å². The molecule has 1 rings (SSSR count). The number of carbonyl (C=O) groups is 1. The van der Waals surface area contributed by atoms with Crippen molar-refractivity contribution >= 4 is 5.91 Å². The minimum Gasteiger partial charge on any atom is -0.350 e. The first-order valence-electron chi connectivity index (χ1n) is 6.83. The third-order valence-electron chi connectivity index (χ3n) is 2.87. The van der Waals surface area contributed by atoms with Gasteiger partial charge in [0, 0.05) is 29.9 Å². The minimum absolute atomic E-state index is 0.0160. The molecule has 0 saturated carbocycles. The summed E-state index contributed by atoms with van der Waals surface area (Å²) in [6.07, 6.45) is 3.85. The summed E-state index contributed by atoms with van der Waals surface area (Å²) in [5, 5.41) is 10.5. The molecule has 2 N–H and O–H groups in total. The van der Waals surface area contributed by atoms with Crippen LogP contribution in [0.15, 0.2) is 12.4 Å². The van der Waals surface area contributed by atoms with E-state index in [4.69, 9.17) is 0 Å². The molecule has 0 spiro atoms. The van der Waals surface area contributed by atoms with Gasteiger partial charge < -0.3 is 5.32 Å². The number of carbonyl (C=O) groups excluding carboxylic acids is 1. The average molecular weight is 266 g/mol. The van der Waals surface area contributed by atoms with Crippen molar-refractivity contribution in [1.82, 2.24) is 20.4 Å². The van der Waals surface area contributed by atoms with Crippen LogP contribution in [0.5, 0.6) is 0 Å². The number of nitrogens with one attached hydrogen (secondary N) is 2. The maximum absolute atomic E-state index is 12.0. The average Bonchev–Trinajstić information content (AvgIpc) is 2.75. The van der Waals surface area contributed by atoms with Crippen LogP contribution < -0.4 is 10.6 Å². The molecule has 5 nitrogen and oxygen atoms in total. The second-order valence-corrected chi connectivity index (χ2v) is 5.98. The van der Waals surface area contributed by atoms with E-state index in [0.29, 0.717) is 0 Å². The van der Waals surface area contributed by atoms with Gasteiger partial charge in [-0.1, -0.05) is 0 Å². The lowest BCUT2D eigenvalue weighted by Gasteiger charge is -2.25. The van der Waals surface area contributed by atoms with E-state index >= 15 is 0 Å². The van der Waals surface area contributed by atoms with Crippen molar-refractivity contribution < 1.29 is 4.79 Å². The quantitative estimate of drug-likeness (QED) is 0.855. The van der Waals surface area contributed by atoms with Gasteiger partial charge in [0.05, 0.1) is 12.2 Å². The molecule has 2 unspecified atom stereocenters. The molecule has 19 heavy (non-hydrogen) atoms. The van der Waals surface area contributed by atoms with E-state index in [-0.39, 0.29) is 23.5 Å². The number of amides is 1. The van der Waals surface area contributed by atoms with E-state index < -0.39 is 0 Å². The van der Waals surface area contributed by atoms with Gasteiger partial charge in [-0.05, 0) is 41.5 Å². The molecule has 0 bridgehead atoms. The van der Waals surface area contributed by atoms with Crippen LogP contribution in [0, 0.1) is 0 Å². The van der Waals surface area contributed by atoms with Gasteiger partial charge in [-0.25, -0.2) is 0 Å². The molecule has 0 aliphatic rings. The Kier molecular flexibility index (Phi) is 5.11. The Bertz CT molecular complexity index is 419. The predicted octanol–water partition coefficient (Wildman–Crippen LogP) is 1.86. The second-order valence-electron chi connectivity index (χ2n) is 5.98. The summed E-state index contributed by atoms with van der Waals surface area (Å²) in [6, 6.07) is -0.139. The van der Waals surface area contributed by atoms with Crippen molar-refractivity contribution in [1.29, 1.82) is 0 Å². The third kappa shape index (κ3) is 5.03. The van der Waals surface area contributed by atoms with E-state index in [1.807, 2.05) is 58.6 Å². The van der Waals surface area contributed by atoms with Gasteiger partial charge in [0.1, 0.15) is 0 Å². The van der Waals surface area contributed by atoms with E-state index in [9.17, 15) is 4.79 Å². The zero-order chi connectivity index (χ0) is 14.6. The molecular formula is C14H26N4O. The van der Waals surface area contributed by atoms with Crippen LogP contribution in [0.4, 0.5) is 0 Å². The Morgan fingerprint density at radius 2 is 2.05 bits per heavy atom. The van der Waals surface area contributed by atoms with E-state index in [2.05, 4.69) is 15.7 Å². The normalized spacial score (nSPS) is 15.1. The van der Waals surface area contributed by atoms with E-state index in [1.54, 1.807) is 0 Å². The summed E-state index contributed by atoms with van der Waals surface area (Å²) in [7, 11) is 0. The fourth-order valence-electron chi connectivity index (χ4n) is 1.80. The first-order chi connectivity index (χ1) is 8.73. The lowest BCUT2D eigenvalue weighted by atomic mass is 10.1. The molecule has 0 radical (unpaired) electrons. The lowest BCUT2D eigenvalue weighted by molar-refractivity contribution is -0.124. The first kappa shape index (κ1) is 15.7. The summed E-state index contributed by atoms with van der Waals surface area (Å²) in [6.45, 7) is 12.8. The molecule has 1 amide bonds. The predicted molar refractivity (Wildman–Crippen MR) is 76.8 cm³/mol. The largest absolute Gasteiger partial charge is 0.350 e.